The number of hydrogen-bond donors (Lipinski definition) is 1. The van der Waals surface area contributed by atoms with E-state index < -0.39 is 5.60 Å². The third-order valence-corrected chi connectivity index (χ3v) is 6.68. The minimum atomic E-state index is -0.931. The van der Waals surface area contributed by atoms with Crippen LogP contribution < -0.4 is 14.2 Å². The number of piperidine rings is 1. The van der Waals surface area contributed by atoms with Gasteiger partial charge in [0.1, 0.15) is 30.4 Å². The van der Waals surface area contributed by atoms with Gasteiger partial charge in [-0.05, 0) is 68.6 Å². The van der Waals surface area contributed by atoms with Crippen molar-refractivity contribution in [3.63, 3.8) is 0 Å². The van der Waals surface area contributed by atoms with E-state index >= 15 is 0 Å². The maximum atomic E-state index is 11.2. The maximum absolute atomic E-state index is 11.2. The van der Waals surface area contributed by atoms with E-state index in [1.807, 2.05) is 56.4 Å². The number of aromatic nitrogens is 2. The first-order chi connectivity index (χ1) is 16.8. The van der Waals surface area contributed by atoms with Crippen LogP contribution in [0.3, 0.4) is 0 Å². The van der Waals surface area contributed by atoms with Crippen molar-refractivity contribution < 1.29 is 19.3 Å². The fourth-order valence-corrected chi connectivity index (χ4v) is 4.65. The van der Waals surface area contributed by atoms with E-state index in [0.29, 0.717) is 54.9 Å². The second kappa shape index (κ2) is 11.3. The van der Waals surface area contributed by atoms with Crippen molar-refractivity contribution in [3.05, 3.63) is 70.8 Å². The normalized spacial score (nSPS) is 18.4. The number of aryl methyl sites for hydroxylation is 2. The minimum absolute atomic E-state index is 0.206. The van der Waals surface area contributed by atoms with E-state index in [4.69, 9.17) is 25.8 Å². The molecule has 1 fully saturated rings. The summed E-state index contributed by atoms with van der Waals surface area (Å²) in [6, 6.07) is 11.7. The SMILES string of the molecule is COc1ccc(CN2CCC[C@](O)(COc3cc(C)ccc3Cl)C2)cc1OCCn1ccnc1C. The number of β-amino-alcohol motifs (C(OH)–C–C–N with tert-alkyl or cyclic N) is 1. The van der Waals surface area contributed by atoms with Gasteiger partial charge in [-0.3, -0.25) is 4.90 Å². The van der Waals surface area contributed by atoms with Gasteiger partial charge >= 0.3 is 0 Å². The highest BCUT2D eigenvalue weighted by Gasteiger charge is 2.34. The molecular weight excluding hydrogens is 466 g/mol. The van der Waals surface area contributed by atoms with Crippen molar-refractivity contribution in [2.45, 2.75) is 45.4 Å². The van der Waals surface area contributed by atoms with Gasteiger partial charge in [-0.25, -0.2) is 4.98 Å². The van der Waals surface area contributed by atoms with E-state index in [1.54, 1.807) is 13.3 Å². The summed E-state index contributed by atoms with van der Waals surface area (Å²) in [5.41, 5.74) is 1.24. The van der Waals surface area contributed by atoms with Crippen LogP contribution in [0.1, 0.15) is 29.8 Å². The number of methoxy groups -OCH3 is 1. The quantitative estimate of drug-likeness (QED) is 0.438. The van der Waals surface area contributed by atoms with E-state index in [1.165, 1.54) is 0 Å². The predicted molar refractivity (Wildman–Crippen MR) is 137 cm³/mol. The predicted octanol–water partition coefficient (Wildman–Crippen LogP) is 4.65. The fourth-order valence-electron chi connectivity index (χ4n) is 4.48. The Labute approximate surface area is 212 Å². The smallest absolute Gasteiger partial charge is 0.161 e. The molecule has 1 atom stereocenters. The summed E-state index contributed by atoms with van der Waals surface area (Å²) >= 11 is 6.26. The summed E-state index contributed by atoms with van der Waals surface area (Å²) in [5, 5.41) is 11.8. The molecule has 1 aromatic heterocycles. The standard InChI is InChI=1S/C27H34ClN3O4/c1-20-5-7-23(28)25(15-20)35-19-27(32)9-4-11-30(18-27)17-22-6-8-24(33-3)26(16-22)34-14-13-31-12-10-29-21(31)2/h5-8,10,12,15-16,32H,4,9,11,13-14,17-19H2,1-3H3/t27-/m1/s1. The van der Waals surface area contributed by atoms with E-state index in [2.05, 4.69) is 14.5 Å². The minimum Gasteiger partial charge on any atom is -0.493 e. The average Bonchev–Trinajstić information content (AvgIpc) is 3.24. The second-order valence-electron chi connectivity index (χ2n) is 9.26. The van der Waals surface area contributed by atoms with Gasteiger partial charge in [-0.1, -0.05) is 23.7 Å². The molecule has 4 rings (SSSR count). The number of hydrogen-bond acceptors (Lipinski definition) is 6. The van der Waals surface area contributed by atoms with Crippen molar-refractivity contribution in [2.75, 3.05) is 33.4 Å². The molecule has 0 aliphatic carbocycles. The molecule has 2 aromatic carbocycles. The lowest BCUT2D eigenvalue weighted by atomic mass is 9.93. The van der Waals surface area contributed by atoms with Crippen molar-refractivity contribution in [3.8, 4) is 17.2 Å². The van der Waals surface area contributed by atoms with Gasteiger partial charge in [-0.15, -0.1) is 0 Å². The van der Waals surface area contributed by atoms with Crippen LogP contribution in [0.4, 0.5) is 0 Å². The molecule has 0 spiro atoms. The van der Waals surface area contributed by atoms with Crippen LogP contribution in [-0.2, 0) is 13.1 Å². The highest BCUT2D eigenvalue weighted by Crippen LogP contribution is 2.31. The first kappa shape index (κ1) is 25.4. The van der Waals surface area contributed by atoms with Gasteiger partial charge in [0.15, 0.2) is 11.5 Å². The molecule has 0 amide bonds. The third kappa shape index (κ3) is 6.69. The number of halogens is 1. The monoisotopic (exact) mass is 499 g/mol. The molecule has 7 nitrogen and oxygen atoms in total. The molecule has 0 radical (unpaired) electrons. The number of nitrogens with zero attached hydrogens (tertiary/aromatic N) is 3. The zero-order valence-electron chi connectivity index (χ0n) is 20.7. The molecule has 0 bridgehead atoms. The highest BCUT2D eigenvalue weighted by atomic mass is 35.5. The van der Waals surface area contributed by atoms with E-state index in [0.717, 1.165) is 29.9 Å². The average molecular weight is 500 g/mol. The Morgan fingerprint density at radius 2 is 1.94 bits per heavy atom. The summed E-state index contributed by atoms with van der Waals surface area (Å²) < 4.78 is 19.6. The molecular formula is C27H34ClN3O4. The highest BCUT2D eigenvalue weighted by molar-refractivity contribution is 6.32. The summed E-state index contributed by atoms with van der Waals surface area (Å²) in [4.78, 5) is 6.50. The first-order valence-electron chi connectivity index (χ1n) is 12.0. The number of imidazole rings is 1. The molecule has 3 aromatic rings. The topological polar surface area (TPSA) is 69.0 Å². The van der Waals surface area contributed by atoms with Crippen LogP contribution in [-0.4, -0.2) is 58.6 Å². The van der Waals surface area contributed by atoms with Crippen molar-refractivity contribution in [1.82, 2.24) is 14.5 Å². The molecule has 1 aliphatic rings. The Kier molecular flexibility index (Phi) is 8.21. The van der Waals surface area contributed by atoms with Gasteiger partial charge in [-0.2, -0.15) is 0 Å². The first-order valence-corrected chi connectivity index (χ1v) is 12.3. The molecule has 2 heterocycles. The molecule has 1 saturated heterocycles. The Morgan fingerprint density at radius 1 is 1.09 bits per heavy atom. The van der Waals surface area contributed by atoms with Crippen LogP contribution >= 0.6 is 11.6 Å². The van der Waals surface area contributed by atoms with Gasteiger partial charge in [0, 0.05) is 25.5 Å². The maximum Gasteiger partial charge on any atom is 0.161 e. The lowest BCUT2D eigenvalue weighted by Gasteiger charge is -2.39. The Bertz CT molecular complexity index is 1140. The van der Waals surface area contributed by atoms with Crippen LogP contribution in [0, 0.1) is 13.8 Å². The number of likely N-dealkylation sites (tertiary alicyclic amines) is 1. The molecule has 8 heteroatoms. The van der Waals surface area contributed by atoms with Crippen molar-refractivity contribution >= 4 is 11.6 Å². The fraction of sp³-hybridized carbons (Fsp3) is 0.444. The van der Waals surface area contributed by atoms with Gasteiger partial charge in [0.25, 0.3) is 0 Å². The van der Waals surface area contributed by atoms with Gasteiger partial charge in [0.2, 0.25) is 0 Å². The van der Waals surface area contributed by atoms with Crippen LogP contribution in [0.15, 0.2) is 48.8 Å². The Morgan fingerprint density at radius 3 is 2.71 bits per heavy atom. The largest absolute Gasteiger partial charge is 0.493 e. The Hall–Kier alpha value is -2.74. The summed E-state index contributed by atoms with van der Waals surface area (Å²) in [5.74, 6) is 2.99. The van der Waals surface area contributed by atoms with E-state index in [-0.39, 0.29) is 6.61 Å². The molecule has 0 unspecified atom stereocenters. The van der Waals surface area contributed by atoms with E-state index in [9.17, 15) is 5.11 Å². The summed E-state index contributed by atoms with van der Waals surface area (Å²) in [7, 11) is 1.65. The number of rotatable bonds is 10. The number of benzene rings is 2. The number of ether oxygens (including phenoxy) is 3. The molecule has 35 heavy (non-hydrogen) atoms. The van der Waals surface area contributed by atoms with Crippen LogP contribution in [0.2, 0.25) is 5.02 Å². The van der Waals surface area contributed by atoms with Crippen LogP contribution in [0.5, 0.6) is 17.2 Å². The molecule has 1 N–H and O–H groups in total. The van der Waals surface area contributed by atoms with Crippen molar-refractivity contribution in [2.24, 2.45) is 0 Å². The Balaban J connectivity index is 1.36. The zero-order valence-corrected chi connectivity index (χ0v) is 21.4. The lowest BCUT2D eigenvalue weighted by Crippen LogP contribution is -2.51. The molecule has 0 saturated carbocycles. The number of aliphatic hydroxyl groups is 1. The van der Waals surface area contributed by atoms with Crippen LogP contribution in [0.25, 0.3) is 0 Å². The zero-order chi connectivity index (χ0) is 24.8. The van der Waals surface area contributed by atoms with Crippen molar-refractivity contribution in [1.29, 1.82) is 0 Å². The second-order valence-corrected chi connectivity index (χ2v) is 9.67. The van der Waals surface area contributed by atoms with Gasteiger partial charge < -0.3 is 23.9 Å². The molecule has 188 valence electrons. The third-order valence-electron chi connectivity index (χ3n) is 6.37. The summed E-state index contributed by atoms with van der Waals surface area (Å²) in [6.45, 7) is 7.54. The summed E-state index contributed by atoms with van der Waals surface area (Å²) in [6.07, 6.45) is 5.32. The molecule has 1 aliphatic heterocycles. The lowest BCUT2D eigenvalue weighted by molar-refractivity contribution is -0.0621. The van der Waals surface area contributed by atoms with Gasteiger partial charge in [0.05, 0.1) is 18.7 Å².